The van der Waals surface area contributed by atoms with Crippen LogP contribution in [0.15, 0.2) is 30.3 Å². The Kier molecular flexibility index (Phi) is 6.38. The summed E-state index contributed by atoms with van der Waals surface area (Å²) in [6.07, 6.45) is 0.828. The van der Waals surface area contributed by atoms with Gasteiger partial charge in [-0.15, -0.1) is 0 Å². The van der Waals surface area contributed by atoms with Gasteiger partial charge in [0.15, 0.2) is 0 Å². The number of nitrogens with zero attached hydrogens (tertiary/aromatic N) is 4. The maximum absolute atomic E-state index is 12.8. The molecule has 3 rings (SSSR count). The number of aryl methyl sites for hydroxylation is 1. The van der Waals surface area contributed by atoms with Crippen LogP contribution in [-0.4, -0.2) is 65.9 Å². The predicted octanol–water partition coefficient (Wildman–Crippen LogP) is 1.49. The van der Waals surface area contributed by atoms with Crippen molar-refractivity contribution in [2.24, 2.45) is 0 Å². The van der Waals surface area contributed by atoms with Crippen molar-refractivity contribution < 1.29 is 19.1 Å². The van der Waals surface area contributed by atoms with Gasteiger partial charge < -0.3 is 19.9 Å². The summed E-state index contributed by atoms with van der Waals surface area (Å²) in [5, 5.41) is 2.74. The second-order valence-corrected chi connectivity index (χ2v) is 6.54. The number of para-hydroxylation sites is 1. The van der Waals surface area contributed by atoms with Crippen LogP contribution in [0.2, 0.25) is 0 Å². The Morgan fingerprint density at radius 1 is 1.17 bits per heavy atom. The zero-order valence-corrected chi connectivity index (χ0v) is 16.4. The molecular weight excluding hydrogens is 374 g/mol. The van der Waals surface area contributed by atoms with Gasteiger partial charge in [-0.25, -0.2) is 14.8 Å². The van der Waals surface area contributed by atoms with Crippen LogP contribution in [-0.2, 0) is 9.53 Å². The molecule has 0 saturated carbocycles. The molecule has 1 aliphatic rings. The molecule has 0 radical (unpaired) electrons. The number of esters is 1. The number of carbonyl (C=O) groups excluding carboxylic acids is 3. The molecule has 1 aromatic heterocycles. The average molecular weight is 397 g/mol. The monoisotopic (exact) mass is 397 g/mol. The lowest BCUT2D eigenvalue weighted by molar-refractivity contribution is -0.118. The zero-order chi connectivity index (χ0) is 20.8. The van der Waals surface area contributed by atoms with E-state index in [1.54, 1.807) is 49.1 Å². The van der Waals surface area contributed by atoms with Gasteiger partial charge in [0.25, 0.3) is 5.91 Å². The molecule has 1 aromatic carbocycles. The third-order valence-corrected chi connectivity index (χ3v) is 4.49. The highest BCUT2D eigenvalue weighted by Gasteiger charge is 2.21. The van der Waals surface area contributed by atoms with Crippen LogP contribution in [0.4, 0.5) is 11.6 Å². The number of aromatic nitrogens is 2. The molecule has 1 N–H and O–H groups in total. The molecule has 0 bridgehead atoms. The highest BCUT2D eigenvalue weighted by atomic mass is 16.5. The van der Waals surface area contributed by atoms with Gasteiger partial charge in [0, 0.05) is 31.9 Å². The Morgan fingerprint density at radius 2 is 1.90 bits per heavy atom. The lowest BCUT2D eigenvalue weighted by atomic mass is 10.1. The van der Waals surface area contributed by atoms with Gasteiger partial charge in [-0.05, 0) is 32.0 Å². The molecule has 1 saturated heterocycles. The van der Waals surface area contributed by atoms with Crippen molar-refractivity contribution in [1.29, 1.82) is 0 Å². The molecule has 29 heavy (non-hydrogen) atoms. The molecule has 1 aliphatic heterocycles. The molecule has 2 heterocycles. The number of piperazine rings is 1. The summed E-state index contributed by atoms with van der Waals surface area (Å²) >= 11 is 0. The Balaban J connectivity index is 1.79. The first-order valence-electron chi connectivity index (χ1n) is 9.39. The van der Waals surface area contributed by atoms with Crippen molar-refractivity contribution in [3.63, 3.8) is 0 Å². The largest absolute Gasteiger partial charge is 0.462 e. The molecule has 0 unspecified atom stereocenters. The van der Waals surface area contributed by atoms with Crippen LogP contribution in [0.5, 0.6) is 0 Å². The van der Waals surface area contributed by atoms with Crippen molar-refractivity contribution >= 4 is 29.9 Å². The molecule has 2 amide bonds. The Morgan fingerprint density at radius 3 is 2.59 bits per heavy atom. The van der Waals surface area contributed by atoms with Crippen molar-refractivity contribution in [1.82, 2.24) is 14.9 Å². The summed E-state index contributed by atoms with van der Waals surface area (Å²) in [6.45, 7) is 6.09. The minimum Gasteiger partial charge on any atom is -0.462 e. The van der Waals surface area contributed by atoms with Gasteiger partial charge >= 0.3 is 5.97 Å². The quantitative estimate of drug-likeness (QED) is 0.582. The zero-order valence-electron chi connectivity index (χ0n) is 16.4. The number of hydrogen-bond donors (Lipinski definition) is 1. The van der Waals surface area contributed by atoms with E-state index in [4.69, 9.17) is 4.74 Å². The van der Waals surface area contributed by atoms with E-state index in [0.29, 0.717) is 43.5 Å². The first kappa shape index (κ1) is 20.2. The average Bonchev–Trinajstić information content (AvgIpc) is 2.74. The summed E-state index contributed by atoms with van der Waals surface area (Å²) in [5.41, 5.74) is 1.48. The normalized spacial score (nSPS) is 13.7. The number of carbonyl (C=O) groups is 3. The van der Waals surface area contributed by atoms with Crippen molar-refractivity contribution in [2.45, 2.75) is 13.8 Å². The van der Waals surface area contributed by atoms with Crippen LogP contribution < -0.4 is 10.2 Å². The topological polar surface area (TPSA) is 105 Å². The highest BCUT2D eigenvalue weighted by Crippen LogP contribution is 2.18. The van der Waals surface area contributed by atoms with Gasteiger partial charge in [-0.2, -0.15) is 0 Å². The van der Waals surface area contributed by atoms with E-state index in [9.17, 15) is 14.4 Å². The minimum atomic E-state index is -0.504. The van der Waals surface area contributed by atoms with E-state index >= 15 is 0 Å². The van der Waals surface area contributed by atoms with Gasteiger partial charge in [0.2, 0.25) is 12.4 Å². The van der Waals surface area contributed by atoms with Gasteiger partial charge in [-0.3, -0.25) is 9.59 Å². The molecule has 0 atom stereocenters. The molecule has 9 nitrogen and oxygen atoms in total. The standard InChI is InChI=1S/C20H23N5O4/c1-3-29-19(28)15-6-4-5-7-16(15)22-18(27)17-12-14(2)21-20(23-17)25-10-8-24(13-26)9-11-25/h4-7,12-13H,3,8-11H2,1-2H3,(H,22,27). The third kappa shape index (κ3) is 4.87. The highest BCUT2D eigenvalue weighted by molar-refractivity contribution is 6.07. The first-order valence-corrected chi connectivity index (χ1v) is 9.39. The number of amides is 2. The van der Waals surface area contributed by atoms with Gasteiger partial charge in [0.1, 0.15) is 5.69 Å². The molecule has 9 heteroatoms. The number of nitrogens with one attached hydrogen (secondary N) is 1. The fraction of sp³-hybridized carbons (Fsp3) is 0.350. The summed E-state index contributed by atoms with van der Waals surface area (Å²) in [6, 6.07) is 8.25. The van der Waals surface area contributed by atoms with Gasteiger partial charge in [-0.1, -0.05) is 12.1 Å². The number of hydrogen-bond acceptors (Lipinski definition) is 7. The first-order chi connectivity index (χ1) is 14.0. The summed E-state index contributed by atoms with van der Waals surface area (Å²) in [7, 11) is 0. The third-order valence-electron chi connectivity index (χ3n) is 4.49. The van der Waals surface area contributed by atoms with Gasteiger partial charge in [0.05, 0.1) is 17.9 Å². The molecule has 2 aromatic rings. The van der Waals surface area contributed by atoms with Crippen molar-refractivity contribution in [2.75, 3.05) is 43.0 Å². The second-order valence-electron chi connectivity index (χ2n) is 6.54. The summed E-state index contributed by atoms with van der Waals surface area (Å²) in [4.78, 5) is 48.2. The van der Waals surface area contributed by atoms with E-state index in [1.165, 1.54) is 0 Å². The smallest absolute Gasteiger partial charge is 0.340 e. The Labute approximate surface area is 168 Å². The van der Waals surface area contributed by atoms with Crippen LogP contribution in [0.3, 0.4) is 0 Å². The molecule has 1 fully saturated rings. The van der Waals surface area contributed by atoms with E-state index in [1.807, 2.05) is 4.90 Å². The lowest BCUT2D eigenvalue weighted by Crippen LogP contribution is -2.46. The van der Waals surface area contributed by atoms with Crippen LogP contribution >= 0.6 is 0 Å². The SMILES string of the molecule is CCOC(=O)c1ccccc1NC(=O)c1cc(C)nc(N2CCN(C=O)CC2)n1. The minimum absolute atomic E-state index is 0.198. The number of ether oxygens (including phenoxy) is 1. The van der Waals surface area contributed by atoms with E-state index in [0.717, 1.165) is 6.41 Å². The maximum Gasteiger partial charge on any atom is 0.340 e. The number of benzene rings is 1. The van der Waals surface area contributed by atoms with E-state index in [-0.39, 0.29) is 17.9 Å². The second kappa shape index (κ2) is 9.13. The molecule has 152 valence electrons. The van der Waals surface area contributed by atoms with Crippen molar-refractivity contribution in [3.8, 4) is 0 Å². The summed E-state index contributed by atoms with van der Waals surface area (Å²) < 4.78 is 5.04. The maximum atomic E-state index is 12.8. The van der Waals surface area contributed by atoms with E-state index in [2.05, 4.69) is 15.3 Å². The predicted molar refractivity (Wildman–Crippen MR) is 107 cm³/mol. The fourth-order valence-corrected chi connectivity index (χ4v) is 3.00. The van der Waals surface area contributed by atoms with Crippen LogP contribution in [0.1, 0.15) is 33.5 Å². The molecular formula is C20H23N5O4. The molecule has 0 aliphatic carbocycles. The fourth-order valence-electron chi connectivity index (χ4n) is 3.00. The Bertz CT molecular complexity index is 909. The van der Waals surface area contributed by atoms with Crippen LogP contribution in [0.25, 0.3) is 0 Å². The van der Waals surface area contributed by atoms with Crippen molar-refractivity contribution in [3.05, 3.63) is 47.3 Å². The molecule has 0 spiro atoms. The number of rotatable bonds is 6. The van der Waals surface area contributed by atoms with E-state index < -0.39 is 11.9 Å². The Hall–Kier alpha value is -3.49. The summed E-state index contributed by atoms with van der Waals surface area (Å²) in [5.74, 6) is -0.504. The lowest BCUT2D eigenvalue weighted by Gasteiger charge is -2.32. The number of anilines is 2. The van der Waals surface area contributed by atoms with Crippen LogP contribution in [0, 0.1) is 6.92 Å².